The van der Waals surface area contributed by atoms with Gasteiger partial charge in [0.05, 0.1) is 28.1 Å². The highest BCUT2D eigenvalue weighted by Crippen LogP contribution is 2.50. The molecule has 0 aliphatic carbocycles. The second-order valence-electron chi connectivity index (χ2n) is 15.3. The number of rotatable bonds is 8. The first-order chi connectivity index (χ1) is 29.8. The molecule has 0 amide bonds. The number of anilines is 3. The minimum Gasteiger partial charge on any atom is -0.309 e. The number of nitrogens with zero attached hydrogens (tertiary/aromatic N) is 2. The fourth-order valence-electron chi connectivity index (χ4n) is 9.07. The van der Waals surface area contributed by atoms with Gasteiger partial charge in [-0.3, -0.25) is 0 Å². The Morgan fingerprint density at radius 2 is 0.817 bits per heavy atom. The average molecular weight is 765 g/mol. The van der Waals surface area contributed by atoms with E-state index in [0.29, 0.717) is 0 Å². The van der Waals surface area contributed by atoms with Crippen molar-refractivity contribution in [2.75, 3.05) is 4.90 Å². The zero-order valence-electron chi connectivity index (χ0n) is 33.0. The van der Waals surface area contributed by atoms with Crippen molar-refractivity contribution in [1.82, 2.24) is 4.57 Å². The molecule has 0 unspecified atom stereocenters. The molecule has 0 radical (unpaired) electrons. The van der Waals surface area contributed by atoms with Crippen molar-refractivity contribution in [2.24, 2.45) is 0 Å². The Morgan fingerprint density at radius 1 is 0.283 bits per heavy atom. The van der Waals surface area contributed by atoms with Gasteiger partial charge in [0.1, 0.15) is 0 Å². The lowest BCUT2D eigenvalue weighted by Gasteiger charge is -2.31. The molecular formula is C58H40N2. The molecule has 0 spiro atoms. The van der Waals surface area contributed by atoms with Crippen LogP contribution in [0.4, 0.5) is 17.1 Å². The van der Waals surface area contributed by atoms with Crippen LogP contribution in [0.2, 0.25) is 0 Å². The summed E-state index contributed by atoms with van der Waals surface area (Å²) in [4.78, 5) is 2.52. The van der Waals surface area contributed by atoms with Crippen LogP contribution in [-0.4, -0.2) is 4.57 Å². The highest BCUT2D eigenvalue weighted by molar-refractivity contribution is 6.17. The molecule has 60 heavy (non-hydrogen) atoms. The number of fused-ring (bicyclic) bond motifs is 4. The number of hydrogen-bond donors (Lipinski definition) is 0. The van der Waals surface area contributed by atoms with Gasteiger partial charge in [-0.2, -0.15) is 0 Å². The summed E-state index contributed by atoms with van der Waals surface area (Å²) in [5, 5.41) is 4.87. The Hall–Kier alpha value is -7.94. The Balaban J connectivity index is 1.23. The van der Waals surface area contributed by atoms with Crippen LogP contribution < -0.4 is 4.90 Å². The number of benzene rings is 10. The van der Waals surface area contributed by atoms with Gasteiger partial charge in [-0.1, -0.05) is 188 Å². The normalized spacial score (nSPS) is 11.3. The van der Waals surface area contributed by atoms with Crippen LogP contribution in [-0.2, 0) is 0 Å². The molecule has 0 atom stereocenters. The van der Waals surface area contributed by atoms with E-state index in [0.717, 1.165) is 50.5 Å². The second-order valence-corrected chi connectivity index (χ2v) is 15.3. The lowest BCUT2D eigenvalue weighted by Crippen LogP contribution is -2.13. The first-order valence-corrected chi connectivity index (χ1v) is 20.6. The van der Waals surface area contributed by atoms with Gasteiger partial charge >= 0.3 is 0 Å². The highest BCUT2D eigenvalue weighted by atomic mass is 15.2. The first-order valence-electron chi connectivity index (χ1n) is 20.6. The lowest BCUT2D eigenvalue weighted by atomic mass is 9.92. The minimum absolute atomic E-state index is 1.10. The molecule has 282 valence electrons. The van der Waals surface area contributed by atoms with E-state index in [4.69, 9.17) is 0 Å². The van der Waals surface area contributed by atoms with E-state index >= 15 is 0 Å². The second kappa shape index (κ2) is 15.1. The van der Waals surface area contributed by atoms with E-state index in [-0.39, 0.29) is 0 Å². The molecule has 0 bridgehead atoms. The standard InChI is InChI=1S/C58H40N2/c1-4-19-41(20-5-1)44-25-16-26-45(39-44)50-30-12-14-33-53(50)60(57-36-18-35-56-58(57)51-31-13-15-34-54(51)59(56)47-27-8-3-9-28-47)55-38-37-46(40-52(55)43-21-6-2-7-22-43)49-32-17-24-42-23-10-11-29-48(42)49/h1-40H. The van der Waals surface area contributed by atoms with Gasteiger partial charge < -0.3 is 9.47 Å². The van der Waals surface area contributed by atoms with E-state index in [1.54, 1.807) is 0 Å². The van der Waals surface area contributed by atoms with E-state index in [1.807, 2.05) is 0 Å². The molecule has 11 aromatic rings. The van der Waals surface area contributed by atoms with E-state index in [2.05, 4.69) is 252 Å². The molecule has 0 aliphatic heterocycles. The van der Waals surface area contributed by atoms with Crippen molar-refractivity contribution in [1.29, 1.82) is 0 Å². The van der Waals surface area contributed by atoms with Crippen LogP contribution in [0.1, 0.15) is 0 Å². The molecule has 0 aliphatic rings. The molecule has 0 saturated carbocycles. The SMILES string of the molecule is c1ccc(-c2cccc(-c3ccccc3N(c3ccc(-c4cccc5ccccc45)cc3-c3ccccc3)c3cccc4c3c3ccccc3n4-c3ccccc3)c2)cc1. The summed E-state index contributed by atoms with van der Waals surface area (Å²) in [5.41, 5.74) is 16.2. The number of hydrogen-bond acceptors (Lipinski definition) is 1. The molecule has 10 aromatic carbocycles. The fourth-order valence-corrected chi connectivity index (χ4v) is 9.07. The first kappa shape index (κ1) is 35.2. The molecule has 2 heteroatoms. The highest BCUT2D eigenvalue weighted by Gasteiger charge is 2.25. The topological polar surface area (TPSA) is 8.17 Å². The Morgan fingerprint density at radius 3 is 1.65 bits per heavy atom. The third-order valence-electron chi connectivity index (χ3n) is 11.8. The summed E-state index contributed by atoms with van der Waals surface area (Å²) in [6.45, 7) is 0. The Kier molecular flexibility index (Phi) is 8.87. The van der Waals surface area contributed by atoms with Crippen molar-refractivity contribution < 1.29 is 0 Å². The summed E-state index contributed by atoms with van der Waals surface area (Å²) < 4.78 is 2.41. The van der Waals surface area contributed by atoms with Gasteiger partial charge in [0, 0.05) is 27.6 Å². The maximum atomic E-state index is 2.52. The van der Waals surface area contributed by atoms with Gasteiger partial charge in [-0.05, 0) is 98.8 Å². The summed E-state index contributed by atoms with van der Waals surface area (Å²) >= 11 is 0. The zero-order valence-corrected chi connectivity index (χ0v) is 33.0. The van der Waals surface area contributed by atoms with Crippen LogP contribution in [0.15, 0.2) is 243 Å². The molecule has 0 fully saturated rings. The molecule has 0 saturated heterocycles. The van der Waals surface area contributed by atoms with Crippen LogP contribution in [0.25, 0.3) is 82.8 Å². The minimum atomic E-state index is 1.10. The van der Waals surface area contributed by atoms with Crippen molar-refractivity contribution >= 4 is 49.6 Å². The number of aromatic nitrogens is 1. The van der Waals surface area contributed by atoms with Crippen LogP contribution in [0.3, 0.4) is 0 Å². The van der Waals surface area contributed by atoms with Crippen molar-refractivity contribution in [3.63, 3.8) is 0 Å². The molecule has 2 nitrogen and oxygen atoms in total. The van der Waals surface area contributed by atoms with Crippen LogP contribution in [0, 0.1) is 0 Å². The predicted octanol–water partition coefficient (Wildman–Crippen LogP) is 16.1. The zero-order chi connectivity index (χ0) is 39.8. The van der Waals surface area contributed by atoms with Crippen LogP contribution >= 0.6 is 0 Å². The lowest BCUT2D eigenvalue weighted by molar-refractivity contribution is 1.18. The van der Waals surface area contributed by atoms with E-state index < -0.39 is 0 Å². The molecular weight excluding hydrogens is 725 g/mol. The predicted molar refractivity (Wildman–Crippen MR) is 255 cm³/mol. The number of para-hydroxylation sites is 3. The average Bonchev–Trinajstić information content (AvgIpc) is 3.68. The fraction of sp³-hybridized carbons (Fsp3) is 0. The van der Waals surface area contributed by atoms with Gasteiger partial charge in [-0.15, -0.1) is 0 Å². The quantitative estimate of drug-likeness (QED) is 0.150. The molecule has 1 aromatic heterocycles. The maximum absolute atomic E-state index is 2.52. The summed E-state index contributed by atoms with van der Waals surface area (Å²) in [5.74, 6) is 0. The van der Waals surface area contributed by atoms with E-state index in [1.165, 1.54) is 49.3 Å². The monoisotopic (exact) mass is 764 g/mol. The van der Waals surface area contributed by atoms with Gasteiger partial charge in [0.15, 0.2) is 0 Å². The molecule has 11 rings (SSSR count). The van der Waals surface area contributed by atoms with Gasteiger partial charge in [-0.25, -0.2) is 0 Å². The van der Waals surface area contributed by atoms with E-state index in [9.17, 15) is 0 Å². The summed E-state index contributed by atoms with van der Waals surface area (Å²) in [6.07, 6.45) is 0. The van der Waals surface area contributed by atoms with Crippen molar-refractivity contribution in [3.05, 3.63) is 243 Å². The van der Waals surface area contributed by atoms with Crippen LogP contribution in [0.5, 0.6) is 0 Å². The summed E-state index contributed by atoms with van der Waals surface area (Å²) in [7, 11) is 0. The Labute approximate surface area is 350 Å². The smallest absolute Gasteiger partial charge is 0.0562 e. The molecule has 0 N–H and O–H groups in total. The van der Waals surface area contributed by atoms with Gasteiger partial charge in [0.25, 0.3) is 0 Å². The largest absolute Gasteiger partial charge is 0.309 e. The van der Waals surface area contributed by atoms with Crippen molar-refractivity contribution in [3.8, 4) is 50.2 Å². The third kappa shape index (κ3) is 6.14. The molecule has 1 heterocycles. The summed E-state index contributed by atoms with van der Waals surface area (Å²) in [6, 6.07) is 88.0. The Bertz CT molecular complexity index is 3300. The van der Waals surface area contributed by atoms with Crippen molar-refractivity contribution in [2.45, 2.75) is 0 Å². The maximum Gasteiger partial charge on any atom is 0.0562 e. The third-order valence-corrected chi connectivity index (χ3v) is 11.8. The van der Waals surface area contributed by atoms with Gasteiger partial charge in [0.2, 0.25) is 0 Å².